The van der Waals surface area contributed by atoms with Gasteiger partial charge < -0.3 is 14.8 Å². The summed E-state index contributed by atoms with van der Waals surface area (Å²) >= 11 is 6.19. The van der Waals surface area contributed by atoms with Crippen LogP contribution in [0.15, 0.2) is 41.3 Å². The summed E-state index contributed by atoms with van der Waals surface area (Å²) in [5.41, 5.74) is 0.883. The van der Waals surface area contributed by atoms with Gasteiger partial charge in [-0.25, -0.2) is 0 Å². The molecular formula is C18H22ClN3O3. The van der Waals surface area contributed by atoms with Crippen molar-refractivity contribution in [3.8, 4) is 5.69 Å². The van der Waals surface area contributed by atoms with Crippen LogP contribution in [0, 0.1) is 0 Å². The Morgan fingerprint density at radius 2 is 2.20 bits per heavy atom. The summed E-state index contributed by atoms with van der Waals surface area (Å²) in [6, 6.07) is 9.19. The van der Waals surface area contributed by atoms with Gasteiger partial charge in [0, 0.05) is 19.8 Å². The van der Waals surface area contributed by atoms with Crippen molar-refractivity contribution in [2.24, 2.45) is 0 Å². The van der Waals surface area contributed by atoms with Gasteiger partial charge in [-0.15, -0.1) is 0 Å². The Labute approximate surface area is 151 Å². The molecule has 0 bridgehead atoms. The molecule has 0 unspecified atom stereocenters. The summed E-state index contributed by atoms with van der Waals surface area (Å²) in [6.07, 6.45) is 4.83. The molecule has 1 aromatic heterocycles. The van der Waals surface area contributed by atoms with Gasteiger partial charge in [-0.05, 0) is 31.4 Å². The van der Waals surface area contributed by atoms with Crippen LogP contribution in [-0.2, 0) is 9.47 Å². The lowest BCUT2D eigenvalue weighted by atomic mass is 10.2. The summed E-state index contributed by atoms with van der Waals surface area (Å²) in [6.45, 7) is 2.78. The Bertz CT molecular complexity index is 730. The molecule has 0 saturated carbocycles. The molecule has 6 nitrogen and oxygen atoms in total. The Hall–Kier alpha value is -1.89. The van der Waals surface area contributed by atoms with Crippen LogP contribution in [0.2, 0.25) is 5.02 Å². The molecule has 1 fully saturated rings. The number of para-hydroxylation sites is 1. The predicted molar refractivity (Wildman–Crippen MR) is 97.7 cm³/mol. The smallest absolute Gasteiger partial charge is 0.292 e. The van der Waals surface area contributed by atoms with Crippen LogP contribution in [0.1, 0.15) is 19.3 Å². The van der Waals surface area contributed by atoms with Gasteiger partial charge in [0.05, 0.1) is 30.3 Å². The second-order valence-corrected chi connectivity index (χ2v) is 6.29. The molecule has 134 valence electrons. The SMILES string of the molecule is O=c1c(Cl)c(NCCCOC[C@H]2CCCO2)cnn1-c1ccccc1. The minimum absolute atomic E-state index is 0.138. The molecule has 1 aromatic carbocycles. The molecule has 1 saturated heterocycles. The van der Waals surface area contributed by atoms with Gasteiger partial charge in [0.15, 0.2) is 0 Å². The average molecular weight is 364 g/mol. The van der Waals surface area contributed by atoms with Gasteiger partial charge in [0.2, 0.25) is 0 Å². The van der Waals surface area contributed by atoms with Crippen molar-refractivity contribution < 1.29 is 9.47 Å². The third-order valence-corrected chi connectivity index (χ3v) is 4.39. The molecule has 0 radical (unpaired) electrons. The van der Waals surface area contributed by atoms with Crippen LogP contribution in [0.25, 0.3) is 5.69 Å². The van der Waals surface area contributed by atoms with Crippen LogP contribution < -0.4 is 10.9 Å². The van der Waals surface area contributed by atoms with E-state index in [2.05, 4.69) is 10.4 Å². The van der Waals surface area contributed by atoms with Crippen LogP contribution in [-0.4, -0.2) is 42.2 Å². The monoisotopic (exact) mass is 363 g/mol. The highest BCUT2D eigenvalue weighted by atomic mass is 35.5. The highest BCUT2D eigenvalue weighted by Crippen LogP contribution is 2.16. The highest BCUT2D eigenvalue weighted by molar-refractivity contribution is 6.32. The predicted octanol–water partition coefficient (Wildman–Crippen LogP) is 2.88. The number of anilines is 1. The lowest BCUT2D eigenvalue weighted by Crippen LogP contribution is -2.23. The lowest BCUT2D eigenvalue weighted by molar-refractivity contribution is 0.0172. The maximum Gasteiger partial charge on any atom is 0.292 e. The molecule has 2 aromatic rings. The number of aromatic nitrogens is 2. The van der Waals surface area contributed by atoms with E-state index in [9.17, 15) is 4.79 Å². The summed E-state index contributed by atoms with van der Waals surface area (Å²) < 4.78 is 12.4. The molecule has 1 atom stereocenters. The molecule has 1 N–H and O–H groups in total. The van der Waals surface area contributed by atoms with Crippen molar-refractivity contribution in [1.29, 1.82) is 0 Å². The fraction of sp³-hybridized carbons (Fsp3) is 0.444. The third kappa shape index (κ3) is 4.81. The maximum atomic E-state index is 12.4. The van der Waals surface area contributed by atoms with E-state index >= 15 is 0 Å². The topological polar surface area (TPSA) is 65.4 Å². The number of halogens is 1. The quantitative estimate of drug-likeness (QED) is 0.730. The Morgan fingerprint density at radius 1 is 1.36 bits per heavy atom. The van der Waals surface area contributed by atoms with Gasteiger partial charge in [0.25, 0.3) is 5.56 Å². The van der Waals surface area contributed by atoms with Crippen molar-refractivity contribution in [3.63, 3.8) is 0 Å². The average Bonchev–Trinajstić information content (AvgIpc) is 3.15. The zero-order chi connectivity index (χ0) is 17.5. The first kappa shape index (κ1) is 17.9. The van der Waals surface area contributed by atoms with E-state index < -0.39 is 0 Å². The molecule has 0 aliphatic carbocycles. The second kappa shape index (κ2) is 8.99. The molecule has 1 aliphatic heterocycles. The maximum absolute atomic E-state index is 12.4. The zero-order valence-electron chi connectivity index (χ0n) is 14.0. The van der Waals surface area contributed by atoms with Crippen molar-refractivity contribution in [1.82, 2.24) is 9.78 Å². The molecule has 0 amide bonds. The highest BCUT2D eigenvalue weighted by Gasteiger charge is 2.15. The Morgan fingerprint density at radius 3 is 2.96 bits per heavy atom. The van der Waals surface area contributed by atoms with Crippen molar-refractivity contribution in [2.75, 3.05) is 31.7 Å². The van der Waals surface area contributed by atoms with E-state index in [1.165, 1.54) is 4.68 Å². The van der Waals surface area contributed by atoms with Gasteiger partial charge >= 0.3 is 0 Å². The van der Waals surface area contributed by atoms with Gasteiger partial charge in [-0.2, -0.15) is 9.78 Å². The molecule has 25 heavy (non-hydrogen) atoms. The number of nitrogens with zero attached hydrogens (tertiary/aromatic N) is 2. The number of ether oxygens (including phenoxy) is 2. The van der Waals surface area contributed by atoms with Gasteiger partial charge in [-0.1, -0.05) is 29.8 Å². The number of hydrogen-bond acceptors (Lipinski definition) is 5. The minimum Gasteiger partial charge on any atom is -0.382 e. The van der Waals surface area contributed by atoms with Gasteiger partial charge in [-0.3, -0.25) is 4.79 Å². The summed E-state index contributed by atoms with van der Waals surface area (Å²) in [7, 11) is 0. The van der Waals surface area contributed by atoms with E-state index in [4.69, 9.17) is 21.1 Å². The summed E-state index contributed by atoms with van der Waals surface area (Å²) in [5.74, 6) is 0. The molecular weight excluding hydrogens is 342 g/mol. The normalized spacial score (nSPS) is 16.9. The Balaban J connectivity index is 1.48. The van der Waals surface area contributed by atoms with E-state index in [1.54, 1.807) is 6.20 Å². The van der Waals surface area contributed by atoms with Crippen LogP contribution in [0.3, 0.4) is 0 Å². The zero-order valence-corrected chi connectivity index (χ0v) is 14.7. The van der Waals surface area contributed by atoms with Crippen LogP contribution in [0.4, 0.5) is 5.69 Å². The third-order valence-electron chi connectivity index (χ3n) is 4.03. The molecule has 7 heteroatoms. The van der Waals surface area contributed by atoms with E-state index in [0.717, 1.165) is 25.9 Å². The molecule has 2 heterocycles. The standard InChI is InChI=1S/C18H22ClN3O3/c19-17-16(20-9-5-10-24-13-15-8-4-11-25-15)12-21-22(18(17)23)14-6-2-1-3-7-14/h1-3,6-7,12,15,20H,4-5,8-11,13H2/t15-/m1/s1. The fourth-order valence-electron chi connectivity index (χ4n) is 2.70. The Kier molecular flexibility index (Phi) is 6.44. The van der Waals surface area contributed by atoms with E-state index in [1.807, 2.05) is 30.3 Å². The minimum atomic E-state index is -0.340. The van der Waals surface area contributed by atoms with Crippen molar-refractivity contribution in [3.05, 3.63) is 51.9 Å². The second-order valence-electron chi connectivity index (χ2n) is 5.92. The van der Waals surface area contributed by atoms with Crippen LogP contribution in [0.5, 0.6) is 0 Å². The van der Waals surface area contributed by atoms with Gasteiger partial charge in [0.1, 0.15) is 5.02 Å². The fourth-order valence-corrected chi connectivity index (χ4v) is 2.89. The lowest BCUT2D eigenvalue weighted by Gasteiger charge is -2.12. The first-order chi connectivity index (χ1) is 12.3. The number of nitrogens with one attached hydrogen (secondary N) is 1. The molecule has 3 rings (SSSR count). The van der Waals surface area contributed by atoms with E-state index in [0.29, 0.717) is 31.1 Å². The van der Waals surface area contributed by atoms with Crippen LogP contribution >= 0.6 is 11.6 Å². The molecule has 1 aliphatic rings. The largest absolute Gasteiger partial charge is 0.382 e. The summed E-state index contributed by atoms with van der Waals surface area (Å²) in [4.78, 5) is 12.4. The summed E-state index contributed by atoms with van der Waals surface area (Å²) in [5, 5.41) is 7.47. The number of rotatable bonds is 8. The van der Waals surface area contributed by atoms with Crippen molar-refractivity contribution >= 4 is 17.3 Å². The first-order valence-corrected chi connectivity index (χ1v) is 8.90. The first-order valence-electron chi connectivity index (χ1n) is 8.52. The van der Waals surface area contributed by atoms with E-state index in [-0.39, 0.29) is 16.7 Å². The number of benzene rings is 1. The number of hydrogen-bond donors (Lipinski definition) is 1. The van der Waals surface area contributed by atoms with Crippen molar-refractivity contribution in [2.45, 2.75) is 25.4 Å². The molecule has 0 spiro atoms.